The van der Waals surface area contributed by atoms with Gasteiger partial charge in [0.2, 0.25) is 0 Å². The molecule has 1 fully saturated rings. The summed E-state index contributed by atoms with van der Waals surface area (Å²) in [7, 11) is 1.37. The molecule has 0 bridgehead atoms. The van der Waals surface area contributed by atoms with Gasteiger partial charge in [0.05, 0.1) is 12.7 Å². The Morgan fingerprint density at radius 1 is 1.16 bits per heavy atom. The van der Waals surface area contributed by atoms with Crippen LogP contribution in [0.25, 0.3) is 0 Å². The third kappa shape index (κ3) is 3.91. The number of hydrogen-bond acceptors (Lipinski definition) is 3. The molecule has 0 aromatic heterocycles. The van der Waals surface area contributed by atoms with Crippen LogP contribution in [0.2, 0.25) is 0 Å². The molecule has 0 unspecified atom stereocenters. The van der Waals surface area contributed by atoms with Crippen LogP contribution in [0.3, 0.4) is 0 Å². The summed E-state index contributed by atoms with van der Waals surface area (Å²) in [6.45, 7) is 2.95. The second kappa shape index (κ2) is 6.34. The maximum atomic E-state index is 12.8. The SMILES string of the molecule is COc1cc(N2CCNCC2)cc(C(F)(F)F)c1.Cl. The van der Waals surface area contributed by atoms with Crippen molar-refractivity contribution in [3.05, 3.63) is 23.8 Å². The van der Waals surface area contributed by atoms with Gasteiger partial charge < -0.3 is 15.0 Å². The quantitative estimate of drug-likeness (QED) is 0.908. The van der Waals surface area contributed by atoms with Gasteiger partial charge in [0.25, 0.3) is 0 Å². The van der Waals surface area contributed by atoms with Crippen LogP contribution >= 0.6 is 12.4 Å². The molecule has 108 valence electrons. The highest BCUT2D eigenvalue weighted by atomic mass is 35.5. The minimum absolute atomic E-state index is 0. The molecule has 2 rings (SSSR count). The molecule has 1 aliphatic heterocycles. The summed E-state index contributed by atoms with van der Waals surface area (Å²) in [5.74, 6) is 0.235. The largest absolute Gasteiger partial charge is 0.497 e. The van der Waals surface area contributed by atoms with Crippen molar-refractivity contribution in [3.63, 3.8) is 0 Å². The highest BCUT2D eigenvalue weighted by Gasteiger charge is 2.32. The van der Waals surface area contributed by atoms with Crippen molar-refractivity contribution in [2.45, 2.75) is 6.18 Å². The third-order valence-corrected chi connectivity index (χ3v) is 2.94. The number of hydrogen-bond donors (Lipinski definition) is 1. The van der Waals surface area contributed by atoms with E-state index in [0.29, 0.717) is 18.8 Å². The first kappa shape index (κ1) is 15.9. The Bertz CT molecular complexity index is 420. The Morgan fingerprint density at radius 2 is 1.79 bits per heavy atom. The molecular weight excluding hydrogens is 281 g/mol. The molecule has 1 aromatic carbocycles. The molecule has 3 nitrogen and oxygen atoms in total. The van der Waals surface area contributed by atoms with Gasteiger partial charge in [-0.05, 0) is 12.1 Å². The second-order valence-corrected chi connectivity index (χ2v) is 4.15. The number of rotatable bonds is 2. The monoisotopic (exact) mass is 296 g/mol. The number of alkyl halides is 3. The fraction of sp³-hybridized carbons (Fsp3) is 0.500. The summed E-state index contributed by atoms with van der Waals surface area (Å²) in [4.78, 5) is 1.92. The molecule has 1 N–H and O–H groups in total. The van der Waals surface area contributed by atoms with E-state index >= 15 is 0 Å². The van der Waals surface area contributed by atoms with E-state index in [1.54, 1.807) is 6.07 Å². The molecule has 1 saturated heterocycles. The van der Waals surface area contributed by atoms with Gasteiger partial charge in [0, 0.05) is 37.9 Å². The molecule has 0 atom stereocenters. The molecular formula is C12H16ClF3N2O. The van der Waals surface area contributed by atoms with Crippen LogP contribution in [0.5, 0.6) is 5.75 Å². The molecule has 0 spiro atoms. The predicted molar refractivity (Wildman–Crippen MR) is 70.3 cm³/mol. The first-order valence-corrected chi connectivity index (χ1v) is 5.72. The van der Waals surface area contributed by atoms with Crippen LogP contribution in [0.4, 0.5) is 18.9 Å². The normalized spacial score (nSPS) is 15.9. The van der Waals surface area contributed by atoms with Crippen molar-refractivity contribution in [1.82, 2.24) is 5.32 Å². The zero-order valence-electron chi connectivity index (χ0n) is 10.5. The highest BCUT2D eigenvalue weighted by Crippen LogP contribution is 2.35. The van der Waals surface area contributed by atoms with Crippen LogP contribution in [0, 0.1) is 0 Å². The van der Waals surface area contributed by atoms with Crippen molar-refractivity contribution in [2.24, 2.45) is 0 Å². The van der Waals surface area contributed by atoms with Gasteiger partial charge >= 0.3 is 6.18 Å². The summed E-state index contributed by atoms with van der Waals surface area (Å²) >= 11 is 0. The molecule has 0 aliphatic carbocycles. The van der Waals surface area contributed by atoms with E-state index in [-0.39, 0.29) is 18.2 Å². The number of ether oxygens (including phenoxy) is 1. The number of piperazine rings is 1. The van der Waals surface area contributed by atoms with Crippen LogP contribution in [0.15, 0.2) is 18.2 Å². The van der Waals surface area contributed by atoms with Gasteiger partial charge in [-0.3, -0.25) is 0 Å². The van der Waals surface area contributed by atoms with Gasteiger partial charge in [0.1, 0.15) is 5.75 Å². The molecule has 1 aromatic rings. The van der Waals surface area contributed by atoms with Gasteiger partial charge in [0.15, 0.2) is 0 Å². The van der Waals surface area contributed by atoms with Crippen LogP contribution < -0.4 is 15.0 Å². The summed E-state index contributed by atoms with van der Waals surface area (Å²) in [6, 6.07) is 3.83. The Hall–Kier alpha value is -1.14. The van der Waals surface area contributed by atoms with E-state index in [9.17, 15) is 13.2 Å². The lowest BCUT2D eigenvalue weighted by molar-refractivity contribution is -0.137. The standard InChI is InChI=1S/C12H15F3N2O.ClH/c1-18-11-7-9(12(13,14)15)6-10(8-11)17-4-2-16-3-5-17;/h6-8,16H,2-5H2,1H3;1H. The van der Waals surface area contributed by atoms with E-state index in [0.717, 1.165) is 19.2 Å². The van der Waals surface area contributed by atoms with Crippen molar-refractivity contribution in [3.8, 4) is 5.75 Å². The Labute approximate surface area is 116 Å². The number of nitrogens with zero attached hydrogens (tertiary/aromatic N) is 1. The maximum Gasteiger partial charge on any atom is 0.416 e. The average molecular weight is 297 g/mol. The summed E-state index contributed by atoms with van der Waals surface area (Å²) in [5, 5.41) is 3.16. The van der Waals surface area contributed by atoms with Crippen LogP contribution in [-0.4, -0.2) is 33.3 Å². The second-order valence-electron chi connectivity index (χ2n) is 4.15. The number of halogens is 4. The fourth-order valence-corrected chi connectivity index (χ4v) is 1.97. The lowest BCUT2D eigenvalue weighted by atomic mass is 10.1. The van der Waals surface area contributed by atoms with Crippen molar-refractivity contribution in [2.75, 3.05) is 38.2 Å². The van der Waals surface area contributed by atoms with Gasteiger partial charge in [-0.25, -0.2) is 0 Å². The third-order valence-electron chi connectivity index (χ3n) is 2.94. The molecule has 7 heteroatoms. The van der Waals surface area contributed by atoms with Crippen molar-refractivity contribution < 1.29 is 17.9 Å². The summed E-state index contributed by atoms with van der Waals surface area (Å²) < 4.78 is 43.2. The van der Waals surface area contributed by atoms with Gasteiger partial charge in [-0.2, -0.15) is 13.2 Å². The minimum atomic E-state index is -4.35. The van der Waals surface area contributed by atoms with E-state index in [2.05, 4.69) is 5.32 Å². The first-order valence-electron chi connectivity index (χ1n) is 5.72. The topological polar surface area (TPSA) is 24.5 Å². The number of nitrogens with one attached hydrogen (secondary N) is 1. The lowest BCUT2D eigenvalue weighted by Crippen LogP contribution is -2.43. The molecule has 1 heterocycles. The lowest BCUT2D eigenvalue weighted by Gasteiger charge is -2.30. The highest BCUT2D eigenvalue weighted by molar-refractivity contribution is 5.85. The van der Waals surface area contributed by atoms with Gasteiger partial charge in [-0.1, -0.05) is 0 Å². The summed E-state index contributed by atoms with van der Waals surface area (Å²) in [6.07, 6.45) is -4.35. The van der Waals surface area contributed by atoms with E-state index in [1.807, 2.05) is 4.90 Å². The van der Waals surface area contributed by atoms with Gasteiger partial charge in [-0.15, -0.1) is 12.4 Å². The number of anilines is 1. The molecule has 0 saturated carbocycles. The molecule has 0 amide bonds. The number of methoxy groups -OCH3 is 1. The zero-order chi connectivity index (χ0) is 13.2. The smallest absolute Gasteiger partial charge is 0.416 e. The Morgan fingerprint density at radius 3 is 2.32 bits per heavy atom. The molecule has 0 radical (unpaired) electrons. The minimum Gasteiger partial charge on any atom is -0.497 e. The molecule has 1 aliphatic rings. The van der Waals surface area contributed by atoms with Crippen LogP contribution in [0.1, 0.15) is 5.56 Å². The molecule has 19 heavy (non-hydrogen) atoms. The van der Waals surface area contributed by atoms with E-state index < -0.39 is 11.7 Å². The predicted octanol–water partition coefficient (Wildman–Crippen LogP) is 2.55. The van der Waals surface area contributed by atoms with Crippen molar-refractivity contribution in [1.29, 1.82) is 0 Å². The maximum absolute atomic E-state index is 12.8. The van der Waals surface area contributed by atoms with E-state index in [4.69, 9.17) is 4.74 Å². The van der Waals surface area contributed by atoms with Crippen molar-refractivity contribution >= 4 is 18.1 Å². The fourth-order valence-electron chi connectivity index (χ4n) is 1.97. The first-order chi connectivity index (χ1) is 8.50. The zero-order valence-corrected chi connectivity index (χ0v) is 11.3. The van der Waals surface area contributed by atoms with Crippen LogP contribution in [-0.2, 0) is 6.18 Å². The summed E-state index contributed by atoms with van der Waals surface area (Å²) in [5.41, 5.74) is -0.112. The van der Waals surface area contributed by atoms with E-state index in [1.165, 1.54) is 13.2 Å². The Kier molecular flexibility index (Phi) is 5.31. The number of benzene rings is 1. The Balaban J connectivity index is 0.00000180. The average Bonchev–Trinajstić information content (AvgIpc) is 2.38.